The molecule has 2 aliphatic rings. The minimum atomic E-state index is -0.203. The van der Waals surface area contributed by atoms with Crippen LogP contribution < -0.4 is 10.6 Å². The third-order valence-corrected chi connectivity index (χ3v) is 7.53. The van der Waals surface area contributed by atoms with Crippen molar-refractivity contribution in [3.63, 3.8) is 0 Å². The molecule has 2 N–H and O–H groups in total. The zero-order chi connectivity index (χ0) is 22.6. The van der Waals surface area contributed by atoms with Gasteiger partial charge in [-0.15, -0.1) is 23.1 Å². The SMILES string of the molecule is O=C(CSCC(=O)Nc1nc2ccccc2s1)Nc1nc(C2=CC3OCCOC3C=C2)cs1. The van der Waals surface area contributed by atoms with E-state index in [0.29, 0.717) is 23.5 Å². The highest BCUT2D eigenvalue weighted by Crippen LogP contribution is 2.29. The molecule has 0 bridgehead atoms. The van der Waals surface area contributed by atoms with Gasteiger partial charge in [-0.1, -0.05) is 35.6 Å². The Balaban J connectivity index is 1.08. The Kier molecular flexibility index (Phi) is 6.83. The standard InChI is InChI=1S/C22H20N4O4S3/c27-19(11-31-12-20(28)26-22-23-14-3-1-2-4-18(14)33-22)25-21-24-15(10-32-21)13-5-6-16-17(9-13)30-8-7-29-16/h1-6,9-10,16-17H,7-8,11-12H2,(H,23,26,28)(H,24,25,27). The van der Waals surface area contributed by atoms with Crippen LogP contribution in [0.4, 0.5) is 10.3 Å². The molecule has 3 aromatic rings. The first-order valence-electron chi connectivity index (χ1n) is 10.3. The highest BCUT2D eigenvalue weighted by Gasteiger charge is 2.26. The van der Waals surface area contributed by atoms with Gasteiger partial charge in [-0.3, -0.25) is 9.59 Å². The van der Waals surface area contributed by atoms with Gasteiger partial charge in [0.2, 0.25) is 11.8 Å². The third kappa shape index (κ3) is 5.50. The van der Waals surface area contributed by atoms with Crippen molar-refractivity contribution >= 4 is 72.3 Å². The van der Waals surface area contributed by atoms with Gasteiger partial charge in [0.15, 0.2) is 10.3 Å². The minimum Gasteiger partial charge on any atom is -0.369 e. The fourth-order valence-corrected chi connectivity index (χ4v) is 5.64. The topological polar surface area (TPSA) is 102 Å². The lowest BCUT2D eigenvalue weighted by molar-refractivity contribution is -0.114. The van der Waals surface area contributed by atoms with Crippen molar-refractivity contribution in [1.29, 1.82) is 0 Å². The second-order valence-corrected chi connectivity index (χ2v) is 10.1. The number of carbonyl (C=O) groups excluding carboxylic acids is 2. The molecule has 0 saturated carbocycles. The van der Waals surface area contributed by atoms with Gasteiger partial charge in [0.05, 0.1) is 40.6 Å². The summed E-state index contributed by atoms with van der Waals surface area (Å²) in [6, 6.07) is 7.71. The van der Waals surface area contributed by atoms with Crippen molar-refractivity contribution in [1.82, 2.24) is 9.97 Å². The summed E-state index contributed by atoms with van der Waals surface area (Å²) in [5, 5.41) is 8.56. The number of ether oxygens (including phenoxy) is 2. The highest BCUT2D eigenvalue weighted by atomic mass is 32.2. The quantitative estimate of drug-likeness (QED) is 0.509. The van der Waals surface area contributed by atoms with Crippen LogP contribution in [0.1, 0.15) is 5.69 Å². The number of aromatic nitrogens is 2. The Bertz CT molecular complexity index is 1200. The number of carbonyl (C=O) groups is 2. The van der Waals surface area contributed by atoms with Crippen LogP contribution >= 0.6 is 34.4 Å². The Hall–Kier alpha value is -2.57. The number of amides is 2. The fourth-order valence-electron chi connectivity index (χ4n) is 3.40. The van der Waals surface area contributed by atoms with Crippen molar-refractivity contribution in [3.05, 3.63) is 53.6 Å². The first-order chi connectivity index (χ1) is 16.1. The lowest BCUT2D eigenvalue weighted by atomic mass is 10.00. The Morgan fingerprint density at radius 3 is 2.61 bits per heavy atom. The minimum absolute atomic E-state index is 0.0517. The van der Waals surface area contributed by atoms with Gasteiger partial charge < -0.3 is 20.1 Å². The van der Waals surface area contributed by atoms with Crippen LogP contribution in [0.15, 0.2) is 47.9 Å². The maximum atomic E-state index is 12.3. The van der Waals surface area contributed by atoms with E-state index in [0.717, 1.165) is 21.5 Å². The first-order valence-corrected chi connectivity index (χ1v) is 13.1. The van der Waals surface area contributed by atoms with E-state index in [-0.39, 0.29) is 35.5 Å². The molecule has 8 nitrogen and oxygen atoms in total. The third-order valence-electron chi connectivity index (χ3n) is 4.89. The molecule has 2 amide bonds. The van der Waals surface area contributed by atoms with Crippen LogP contribution in [0.25, 0.3) is 15.8 Å². The highest BCUT2D eigenvalue weighted by molar-refractivity contribution is 8.00. The van der Waals surface area contributed by atoms with Crippen molar-refractivity contribution in [2.75, 3.05) is 35.4 Å². The van der Waals surface area contributed by atoms with E-state index in [2.05, 4.69) is 20.6 Å². The predicted molar refractivity (Wildman–Crippen MR) is 133 cm³/mol. The fraction of sp³-hybridized carbons (Fsp3) is 0.273. The van der Waals surface area contributed by atoms with Crippen molar-refractivity contribution < 1.29 is 19.1 Å². The number of thiazole rings is 2. The van der Waals surface area contributed by atoms with E-state index >= 15 is 0 Å². The molecule has 1 saturated heterocycles. The van der Waals surface area contributed by atoms with Gasteiger partial charge in [0.25, 0.3) is 0 Å². The summed E-state index contributed by atoms with van der Waals surface area (Å²) < 4.78 is 12.4. The van der Waals surface area contributed by atoms with Crippen LogP contribution in [-0.4, -0.2) is 58.7 Å². The van der Waals surface area contributed by atoms with Gasteiger partial charge in [-0.05, 0) is 23.8 Å². The van der Waals surface area contributed by atoms with Crippen LogP contribution in [0.2, 0.25) is 0 Å². The van der Waals surface area contributed by atoms with Gasteiger partial charge in [0.1, 0.15) is 12.2 Å². The van der Waals surface area contributed by atoms with Crippen LogP contribution in [0, 0.1) is 0 Å². The summed E-state index contributed by atoms with van der Waals surface area (Å²) in [4.78, 5) is 33.3. The molecule has 2 aromatic heterocycles. The number of nitrogens with one attached hydrogen (secondary N) is 2. The van der Waals surface area contributed by atoms with E-state index in [9.17, 15) is 9.59 Å². The average Bonchev–Trinajstić information content (AvgIpc) is 3.45. The van der Waals surface area contributed by atoms with Crippen molar-refractivity contribution in [3.8, 4) is 0 Å². The molecule has 2 unspecified atom stereocenters. The summed E-state index contributed by atoms with van der Waals surface area (Å²) in [6.07, 6.45) is 5.79. The number of hydrogen-bond acceptors (Lipinski definition) is 9. The van der Waals surface area contributed by atoms with Crippen LogP contribution in [-0.2, 0) is 19.1 Å². The second kappa shape index (κ2) is 10.1. The molecule has 170 valence electrons. The number of rotatable bonds is 7. The van der Waals surface area contributed by atoms with Crippen LogP contribution in [0.3, 0.4) is 0 Å². The molecule has 3 heterocycles. The number of fused-ring (bicyclic) bond motifs is 2. The predicted octanol–water partition coefficient (Wildman–Crippen LogP) is 3.80. The number of benzene rings is 1. The average molecular weight is 501 g/mol. The maximum absolute atomic E-state index is 12.3. The molecule has 5 rings (SSSR count). The Morgan fingerprint density at radius 2 is 1.79 bits per heavy atom. The largest absolute Gasteiger partial charge is 0.369 e. The summed E-state index contributed by atoms with van der Waals surface area (Å²) in [5.41, 5.74) is 2.58. The number of para-hydroxylation sites is 1. The lowest BCUT2D eigenvalue weighted by Gasteiger charge is -2.30. The smallest absolute Gasteiger partial charge is 0.236 e. The molecule has 1 fully saturated rings. The molecule has 2 atom stereocenters. The molecular formula is C22H20N4O4S3. The molecule has 1 aromatic carbocycles. The van der Waals surface area contributed by atoms with Gasteiger partial charge in [-0.25, -0.2) is 9.97 Å². The van der Waals surface area contributed by atoms with E-state index in [4.69, 9.17) is 9.47 Å². The number of allylic oxidation sites excluding steroid dienone is 2. The molecule has 0 radical (unpaired) electrons. The first kappa shape index (κ1) is 22.2. The molecule has 0 spiro atoms. The normalized spacial score (nSPS) is 19.7. The summed E-state index contributed by atoms with van der Waals surface area (Å²) in [5.74, 6) is -0.0772. The lowest BCUT2D eigenvalue weighted by Crippen LogP contribution is -2.37. The number of hydrogen-bond donors (Lipinski definition) is 2. The molecule has 1 aliphatic heterocycles. The Morgan fingerprint density at radius 1 is 1.03 bits per heavy atom. The van der Waals surface area contributed by atoms with E-state index < -0.39 is 0 Å². The summed E-state index contributed by atoms with van der Waals surface area (Å²) in [6.45, 7) is 1.18. The summed E-state index contributed by atoms with van der Waals surface area (Å²) in [7, 11) is 0. The molecule has 11 heteroatoms. The monoisotopic (exact) mass is 500 g/mol. The van der Waals surface area contributed by atoms with E-state index in [1.165, 1.54) is 34.4 Å². The van der Waals surface area contributed by atoms with Crippen molar-refractivity contribution in [2.45, 2.75) is 12.2 Å². The van der Waals surface area contributed by atoms with Crippen LogP contribution in [0.5, 0.6) is 0 Å². The zero-order valence-corrected chi connectivity index (χ0v) is 19.8. The summed E-state index contributed by atoms with van der Waals surface area (Å²) >= 11 is 4.02. The van der Waals surface area contributed by atoms with Gasteiger partial charge >= 0.3 is 0 Å². The maximum Gasteiger partial charge on any atom is 0.236 e. The number of nitrogens with zero attached hydrogens (tertiary/aromatic N) is 2. The van der Waals surface area contributed by atoms with Gasteiger partial charge in [-0.2, -0.15) is 0 Å². The number of anilines is 2. The Labute approximate surface area is 202 Å². The van der Waals surface area contributed by atoms with E-state index in [1.54, 1.807) is 0 Å². The van der Waals surface area contributed by atoms with E-state index in [1.807, 2.05) is 47.9 Å². The molecular weight excluding hydrogens is 480 g/mol. The molecule has 33 heavy (non-hydrogen) atoms. The zero-order valence-electron chi connectivity index (χ0n) is 17.4. The number of thioether (sulfide) groups is 1. The van der Waals surface area contributed by atoms with Crippen molar-refractivity contribution in [2.24, 2.45) is 0 Å². The molecule has 1 aliphatic carbocycles. The second-order valence-electron chi connectivity index (χ2n) is 7.27. The van der Waals surface area contributed by atoms with Gasteiger partial charge in [0, 0.05) is 5.38 Å².